The molecule has 4 aromatic rings. The molecule has 0 radical (unpaired) electrons. The van der Waals surface area contributed by atoms with E-state index in [4.69, 9.17) is 17.0 Å². The Morgan fingerprint density at radius 2 is 1.09 bits per heavy atom. The topological polar surface area (TPSA) is 0 Å². The van der Waals surface area contributed by atoms with Gasteiger partial charge in [0, 0.05) is 0 Å². The number of aryl methyl sites for hydroxylation is 1. The molecule has 0 unspecified atom stereocenters. The van der Waals surface area contributed by atoms with Gasteiger partial charge in [-0.05, 0) is 10.8 Å². The molecular weight excluding hydrogens is 546 g/mol. The van der Waals surface area contributed by atoms with Crippen LogP contribution in [0.15, 0.2) is 60.7 Å². The van der Waals surface area contributed by atoms with Gasteiger partial charge in [0.05, 0.1) is 0 Å². The van der Waals surface area contributed by atoms with E-state index in [1.807, 2.05) is 0 Å². The van der Waals surface area contributed by atoms with Crippen molar-refractivity contribution in [3.8, 4) is 0 Å². The van der Waals surface area contributed by atoms with Crippen molar-refractivity contribution in [1.29, 1.82) is 0 Å². The molecule has 0 heterocycles. The van der Waals surface area contributed by atoms with Crippen LogP contribution < -0.4 is 0 Å². The van der Waals surface area contributed by atoms with Crippen LogP contribution in [0.1, 0.15) is 91.5 Å². The van der Waals surface area contributed by atoms with Gasteiger partial charge >= 0.3 is 37.9 Å². The van der Waals surface area contributed by atoms with Crippen molar-refractivity contribution < 1.29 is 20.8 Å². The Hall–Kier alpha value is -0.877. The third-order valence-electron chi connectivity index (χ3n) is 6.53. The average molecular weight is 589 g/mol. The van der Waals surface area contributed by atoms with Gasteiger partial charge in [0.15, 0.2) is 0 Å². The van der Waals surface area contributed by atoms with Crippen molar-refractivity contribution in [3.05, 3.63) is 82.9 Å². The average Bonchev–Trinajstić information content (AvgIpc) is 3.37. The minimum absolute atomic E-state index is 0.203. The van der Waals surface area contributed by atoms with Crippen LogP contribution in [0.3, 0.4) is 0 Å². The SMILES string of the molecule is CC(C)(C)c1ccc2c(c1)[cH-]c1cc(C(C)(C)C)ccc12.CC[c-]1ccc(C(C)(C)C)c1.[Cl][Zr+2][Cl]. The van der Waals surface area contributed by atoms with Crippen molar-refractivity contribution in [2.24, 2.45) is 0 Å². The van der Waals surface area contributed by atoms with Gasteiger partial charge in [-0.25, -0.2) is 6.07 Å². The Morgan fingerprint density at radius 1 is 0.686 bits per heavy atom. The molecule has 4 aromatic carbocycles. The van der Waals surface area contributed by atoms with Crippen molar-refractivity contribution in [3.63, 3.8) is 0 Å². The standard InChI is InChI=1S/C21H25.C11H17.2ClH.Zr/c1-20(2,3)16-7-9-18-14(12-16)11-15-13-17(21(4,5)6)8-10-19(15)18;1-5-9-6-7-10(8-9)11(2,3)4;;;/h7-13H,1-6H3;6-8H,5H2,1-4H3;2*1H;/q2*-1;;;+4/p-2. The van der Waals surface area contributed by atoms with E-state index in [-0.39, 0.29) is 10.8 Å². The number of rotatable bonds is 1. The van der Waals surface area contributed by atoms with Crippen LogP contribution in [0.2, 0.25) is 0 Å². The monoisotopic (exact) mass is 586 g/mol. The molecule has 0 spiro atoms. The second kappa shape index (κ2) is 12.1. The zero-order valence-corrected chi connectivity index (χ0v) is 27.2. The maximum absolute atomic E-state index is 4.93. The summed E-state index contributed by atoms with van der Waals surface area (Å²) in [5, 5.41) is 5.48. The quantitative estimate of drug-likeness (QED) is 0.194. The predicted molar refractivity (Wildman–Crippen MR) is 156 cm³/mol. The molecule has 0 aliphatic rings. The summed E-state index contributed by atoms with van der Waals surface area (Å²) in [6.45, 7) is 22.6. The van der Waals surface area contributed by atoms with Gasteiger partial charge in [-0.1, -0.05) is 116 Å². The Balaban J connectivity index is 0.000000260. The Bertz CT molecular complexity index is 1150. The van der Waals surface area contributed by atoms with E-state index in [1.54, 1.807) is 0 Å². The van der Waals surface area contributed by atoms with Crippen LogP contribution in [-0.2, 0) is 43.5 Å². The maximum atomic E-state index is 4.93. The van der Waals surface area contributed by atoms with Crippen molar-refractivity contribution in [2.45, 2.75) is 91.9 Å². The molecule has 4 rings (SSSR count). The predicted octanol–water partition coefficient (Wildman–Crippen LogP) is 10.9. The van der Waals surface area contributed by atoms with Crippen LogP contribution in [-0.4, -0.2) is 0 Å². The molecule has 3 heteroatoms. The summed E-state index contributed by atoms with van der Waals surface area (Å²) >= 11 is -0.826. The van der Waals surface area contributed by atoms with E-state index in [2.05, 4.69) is 130 Å². The van der Waals surface area contributed by atoms with Crippen LogP contribution in [0.5, 0.6) is 0 Å². The number of fused-ring (bicyclic) bond motifs is 3. The van der Waals surface area contributed by atoms with Gasteiger partial charge in [-0.3, -0.25) is 0 Å². The number of hydrogen-bond donors (Lipinski definition) is 0. The molecule has 0 saturated heterocycles. The van der Waals surface area contributed by atoms with E-state index in [0.717, 1.165) is 6.42 Å². The van der Waals surface area contributed by atoms with Gasteiger partial charge in [0.2, 0.25) is 0 Å². The first kappa shape index (κ1) is 30.3. The normalized spacial score (nSPS) is 12.0. The molecule has 0 fully saturated rings. The van der Waals surface area contributed by atoms with Crippen LogP contribution in [0, 0.1) is 0 Å². The Kier molecular flexibility index (Phi) is 10.5. The van der Waals surface area contributed by atoms with Gasteiger partial charge in [0.1, 0.15) is 0 Å². The van der Waals surface area contributed by atoms with Gasteiger partial charge in [0.25, 0.3) is 0 Å². The summed E-state index contributed by atoms with van der Waals surface area (Å²) in [4.78, 5) is 0. The van der Waals surface area contributed by atoms with Crippen molar-refractivity contribution in [1.82, 2.24) is 0 Å². The first-order valence-electron chi connectivity index (χ1n) is 12.5. The van der Waals surface area contributed by atoms with Gasteiger partial charge < -0.3 is 0 Å². The van der Waals surface area contributed by atoms with E-state index in [0.29, 0.717) is 5.41 Å². The zero-order chi connectivity index (χ0) is 26.6. The molecule has 0 atom stereocenters. The molecule has 0 N–H and O–H groups in total. The van der Waals surface area contributed by atoms with Gasteiger partial charge in [-0.2, -0.15) is 23.3 Å². The molecule has 0 nitrogen and oxygen atoms in total. The van der Waals surface area contributed by atoms with E-state index in [9.17, 15) is 0 Å². The summed E-state index contributed by atoms with van der Waals surface area (Å²) in [7, 11) is 9.87. The number of halogens is 2. The van der Waals surface area contributed by atoms with Crippen LogP contribution in [0.4, 0.5) is 0 Å². The molecule has 0 amide bonds. The molecular formula is C32H42Cl2Zr. The van der Waals surface area contributed by atoms with Gasteiger partial charge in [-0.15, -0.1) is 39.7 Å². The van der Waals surface area contributed by atoms with E-state index in [1.165, 1.54) is 43.8 Å². The summed E-state index contributed by atoms with van der Waals surface area (Å²) in [5.74, 6) is 0. The van der Waals surface area contributed by atoms with E-state index < -0.39 is 20.8 Å². The fourth-order valence-electron chi connectivity index (χ4n) is 4.13. The molecule has 0 saturated carbocycles. The molecule has 0 aromatic heterocycles. The summed E-state index contributed by atoms with van der Waals surface area (Å²) < 4.78 is 0. The third-order valence-corrected chi connectivity index (χ3v) is 6.53. The molecule has 35 heavy (non-hydrogen) atoms. The summed E-state index contributed by atoms with van der Waals surface area (Å²) in [6, 6.07) is 22.9. The number of benzene rings is 2. The summed E-state index contributed by atoms with van der Waals surface area (Å²) in [6.07, 6.45) is 1.15. The second-order valence-corrected chi connectivity index (χ2v) is 16.2. The Labute approximate surface area is 232 Å². The fourth-order valence-corrected chi connectivity index (χ4v) is 4.13. The molecule has 0 aliphatic carbocycles. The molecule has 188 valence electrons. The third kappa shape index (κ3) is 8.31. The second-order valence-electron chi connectivity index (χ2n) is 12.4. The fraction of sp³-hybridized carbons (Fsp3) is 0.438. The zero-order valence-electron chi connectivity index (χ0n) is 23.2. The minimum atomic E-state index is -0.826. The van der Waals surface area contributed by atoms with Crippen molar-refractivity contribution in [2.75, 3.05) is 0 Å². The molecule has 0 aliphatic heterocycles. The van der Waals surface area contributed by atoms with E-state index >= 15 is 0 Å². The first-order valence-corrected chi connectivity index (χ1v) is 18.8. The molecule has 0 bridgehead atoms. The summed E-state index contributed by atoms with van der Waals surface area (Å²) in [5.41, 5.74) is 6.43. The first-order chi connectivity index (χ1) is 16.1. The Morgan fingerprint density at radius 3 is 1.37 bits per heavy atom. The number of hydrogen-bond acceptors (Lipinski definition) is 0. The van der Waals surface area contributed by atoms with Crippen LogP contribution >= 0.6 is 17.0 Å². The van der Waals surface area contributed by atoms with Crippen molar-refractivity contribution >= 4 is 38.6 Å². The van der Waals surface area contributed by atoms with Crippen LogP contribution in [0.25, 0.3) is 21.5 Å².